The van der Waals surface area contributed by atoms with Crippen LogP contribution >= 0.6 is 27.3 Å². The second-order valence-electron chi connectivity index (χ2n) is 3.69. The number of aromatic nitrogens is 3. The molecule has 0 bridgehead atoms. The normalized spacial score (nSPS) is 10.5. The lowest BCUT2D eigenvalue weighted by molar-refractivity contribution is 0.880. The molecule has 0 spiro atoms. The SMILES string of the molecule is Cc1nnc(NCCc2ccc(Br)s2)nc1C. The molecule has 1 N–H and O–H groups in total. The zero-order valence-electron chi connectivity index (χ0n) is 9.70. The van der Waals surface area contributed by atoms with Gasteiger partial charge in [0.15, 0.2) is 0 Å². The Kier molecular flexibility index (Phi) is 4.06. The fourth-order valence-corrected chi connectivity index (χ4v) is 2.80. The van der Waals surface area contributed by atoms with Gasteiger partial charge in [-0.25, -0.2) is 4.98 Å². The van der Waals surface area contributed by atoms with Gasteiger partial charge in [0.2, 0.25) is 5.95 Å². The highest BCUT2D eigenvalue weighted by atomic mass is 79.9. The maximum absolute atomic E-state index is 4.32. The van der Waals surface area contributed by atoms with E-state index < -0.39 is 0 Å². The molecule has 0 saturated heterocycles. The quantitative estimate of drug-likeness (QED) is 0.943. The summed E-state index contributed by atoms with van der Waals surface area (Å²) in [5.41, 5.74) is 1.79. The van der Waals surface area contributed by atoms with Crippen molar-refractivity contribution in [2.24, 2.45) is 0 Å². The van der Waals surface area contributed by atoms with E-state index in [2.05, 4.69) is 48.6 Å². The van der Waals surface area contributed by atoms with Crippen LogP contribution in [0.3, 0.4) is 0 Å². The van der Waals surface area contributed by atoms with Gasteiger partial charge in [-0.1, -0.05) is 0 Å². The van der Waals surface area contributed by atoms with E-state index in [1.54, 1.807) is 11.3 Å². The molecular formula is C11H13BrN4S. The van der Waals surface area contributed by atoms with Crippen molar-refractivity contribution in [3.05, 3.63) is 32.2 Å². The highest BCUT2D eigenvalue weighted by Gasteiger charge is 2.01. The maximum Gasteiger partial charge on any atom is 0.242 e. The van der Waals surface area contributed by atoms with Crippen LogP contribution in [-0.2, 0) is 6.42 Å². The Morgan fingerprint density at radius 1 is 1.24 bits per heavy atom. The molecule has 0 atom stereocenters. The van der Waals surface area contributed by atoms with E-state index >= 15 is 0 Å². The lowest BCUT2D eigenvalue weighted by atomic mass is 10.3. The number of thiophene rings is 1. The molecule has 0 aromatic carbocycles. The third-order valence-corrected chi connectivity index (χ3v) is 4.06. The topological polar surface area (TPSA) is 50.7 Å². The molecule has 0 unspecified atom stereocenters. The summed E-state index contributed by atoms with van der Waals surface area (Å²) in [7, 11) is 0. The molecule has 0 amide bonds. The van der Waals surface area contributed by atoms with Gasteiger partial charge in [-0.3, -0.25) is 0 Å². The van der Waals surface area contributed by atoms with Crippen molar-refractivity contribution in [1.29, 1.82) is 0 Å². The first-order chi connectivity index (χ1) is 8.15. The predicted octanol–water partition coefficient (Wildman–Crippen LogP) is 2.97. The highest BCUT2D eigenvalue weighted by molar-refractivity contribution is 9.11. The fourth-order valence-electron chi connectivity index (χ4n) is 1.32. The monoisotopic (exact) mass is 312 g/mol. The lowest BCUT2D eigenvalue weighted by Gasteiger charge is -2.04. The minimum atomic E-state index is 0.601. The summed E-state index contributed by atoms with van der Waals surface area (Å²) in [6.07, 6.45) is 0.965. The van der Waals surface area contributed by atoms with Gasteiger partial charge in [-0.2, -0.15) is 5.10 Å². The predicted molar refractivity (Wildman–Crippen MR) is 73.5 cm³/mol. The Hall–Kier alpha value is -1.01. The van der Waals surface area contributed by atoms with Crippen molar-refractivity contribution >= 4 is 33.2 Å². The van der Waals surface area contributed by atoms with Crippen LogP contribution in [0.15, 0.2) is 15.9 Å². The third-order valence-electron chi connectivity index (χ3n) is 2.38. The number of hydrogen-bond donors (Lipinski definition) is 1. The second kappa shape index (κ2) is 5.55. The van der Waals surface area contributed by atoms with Crippen molar-refractivity contribution < 1.29 is 0 Å². The number of rotatable bonds is 4. The standard InChI is InChI=1S/C11H13BrN4S/c1-7-8(2)15-16-11(14-7)13-6-5-9-3-4-10(12)17-9/h3-4H,5-6H2,1-2H3,(H,13,14,16). The van der Waals surface area contributed by atoms with Crippen LogP contribution in [0.1, 0.15) is 16.3 Å². The van der Waals surface area contributed by atoms with Crippen molar-refractivity contribution in [3.63, 3.8) is 0 Å². The van der Waals surface area contributed by atoms with Crippen molar-refractivity contribution in [2.45, 2.75) is 20.3 Å². The summed E-state index contributed by atoms with van der Waals surface area (Å²) in [6.45, 7) is 4.66. The Morgan fingerprint density at radius 3 is 2.71 bits per heavy atom. The van der Waals surface area contributed by atoms with Crippen molar-refractivity contribution in [2.75, 3.05) is 11.9 Å². The molecule has 0 aliphatic carbocycles. The molecule has 2 rings (SSSR count). The van der Waals surface area contributed by atoms with E-state index in [9.17, 15) is 0 Å². The number of nitrogens with one attached hydrogen (secondary N) is 1. The smallest absolute Gasteiger partial charge is 0.242 e. The second-order valence-corrected chi connectivity index (χ2v) is 6.24. The van der Waals surface area contributed by atoms with Crippen molar-refractivity contribution in [3.8, 4) is 0 Å². The average Bonchev–Trinajstić information content (AvgIpc) is 2.70. The molecule has 0 fully saturated rings. The molecule has 2 aromatic rings. The van der Waals surface area contributed by atoms with Gasteiger partial charge in [0.1, 0.15) is 0 Å². The fraction of sp³-hybridized carbons (Fsp3) is 0.364. The van der Waals surface area contributed by atoms with Crippen molar-refractivity contribution in [1.82, 2.24) is 15.2 Å². The number of hydrogen-bond acceptors (Lipinski definition) is 5. The summed E-state index contributed by atoms with van der Waals surface area (Å²) in [4.78, 5) is 5.65. The maximum atomic E-state index is 4.32. The summed E-state index contributed by atoms with van der Waals surface area (Å²) >= 11 is 5.20. The molecule has 0 radical (unpaired) electrons. The van der Waals surface area contributed by atoms with E-state index in [1.807, 2.05) is 13.8 Å². The summed E-state index contributed by atoms with van der Waals surface area (Å²) in [6, 6.07) is 4.18. The Bertz CT molecular complexity index is 512. The summed E-state index contributed by atoms with van der Waals surface area (Å²) in [5.74, 6) is 0.601. The molecule has 2 heterocycles. The van der Waals surface area contributed by atoms with E-state index in [0.29, 0.717) is 5.95 Å². The van der Waals surface area contributed by atoms with Gasteiger partial charge in [0.25, 0.3) is 0 Å². The number of aryl methyl sites for hydroxylation is 2. The van der Waals surface area contributed by atoms with Gasteiger partial charge in [-0.15, -0.1) is 16.4 Å². The minimum absolute atomic E-state index is 0.601. The molecule has 90 valence electrons. The van der Waals surface area contributed by atoms with Crippen LogP contribution in [0.5, 0.6) is 0 Å². The van der Waals surface area contributed by atoms with Crippen LogP contribution in [0.2, 0.25) is 0 Å². The first-order valence-corrected chi connectivity index (χ1v) is 6.92. The van der Waals surface area contributed by atoms with Gasteiger partial charge >= 0.3 is 0 Å². The van der Waals surface area contributed by atoms with Crippen LogP contribution in [0.25, 0.3) is 0 Å². The first-order valence-electron chi connectivity index (χ1n) is 5.31. The largest absolute Gasteiger partial charge is 0.353 e. The van der Waals surface area contributed by atoms with E-state index in [0.717, 1.165) is 28.1 Å². The van der Waals surface area contributed by atoms with E-state index in [-0.39, 0.29) is 0 Å². The zero-order valence-corrected chi connectivity index (χ0v) is 12.1. The molecular weight excluding hydrogens is 300 g/mol. The van der Waals surface area contributed by atoms with Gasteiger partial charge in [0.05, 0.1) is 15.2 Å². The zero-order chi connectivity index (χ0) is 12.3. The summed E-state index contributed by atoms with van der Waals surface area (Å²) < 4.78 is 1.16. The van der Waals surface area contributed by atoms with Gasteiger partial charge in [-0.05, 0) is 48.3 Å². The molecule has 2 aromatic heterocycles. The van der Waals surface area contributed by atoms with Crippen LogP contribution < -0.4 is 5.32 Å². The van der Waals surface area contributed by atoms with E-state index in [1.165, 1.54) is 4.88 Å². The average molecular weight is 313 g/mol. The molecule has 0 aliphatic heterocycles. The molecule has 4 nitrogen and oxygen atoms in total. The molecule has 0 aliphatic rings. The molecule has 17 heavy (non-hydrogen) atoms. The number of halogens is 1. The number of nitrogens with zero attached hydrogens (tertiary/aromatic N) is 3. The van der Waals surface area contributed by atoms with E-state index in [4.69, 9.17) is 0 Å². The molecule has 0 saturated carbocycles. The Balaban J connectivity index is 1.87. The Labute approximate surface area is 113 Å². The number of anilines is 1. The lowest BCUT2D eigenvalue weighted by Crippen LogP contribution is -2.09. The van der Waals surface area contributed by atoms with Gasteiger partial charge in [0, 0.05) is 11.4 Å². The highest BCUT2D eigenvalue weighted by Crippen LogP contribution is 2.22. The minimum Gasteiger partial charge on any atom is -0.353 e. The third kappa shape index (κ3) is 3.47. The first kappa shape index (κ1) is 12.4. The van der Waals surface area contributed by atoms with Crippen LogP contribution in [0, 0.1) is 13.8 Å². The summed E-state index contributed by atoms with van der Waals surface area (Å²) in [5, 5.41) is 11.2. The van der Waals surface area contributed by atoms with Gasteiger partial charge < -0.3 is 5.32 Å². The van der Waals surface area contributed by atoms with Crippen LogP contribution in [-0.4, -0.2) is 21.7 Å². The Morgan fingerprint density at radius 2 is 2.06 bits per heavy atom. The molecule has 6 heteroatoms. The van der Waals surface area contributed by atoms with Crippen LogP contribution in [0.4, 0.5) is 5.95 Å².